The van der Waals surface area contributed by atoms with Gasteiger partial charge in [0.1, 0.15) is 0 Å². The third-order valence-corrected chi connectivity index (χ3v) is 2.14. The van der Waals surface area contributed by atoms with Crippen molar-refractivity contribution < 1.29 is 2060 Å². The van der Waals surface area contributed by atoms with Crippen molar-refractivity contribution in [3.63, 3.8) is 0 Å². The van der Waals surface area contributed by atoms with Gasteiger partial charge in [0.2, 0.25) is 0 Å². The Morgan fingerprint density at radius 3 is 0.211 bits per heavy atom. The third-order valence-electron chi connectivity index (χ3n) is 2.14. The molecule has 63 heteroatoms. The van der Waals surface area contributed by atoms with Gasteiger partial charge in [-0.25, -0.2) is 0 Å². The SMILES string of the molecule is [CH-]=C1CC(C)C(C)C1.[Y].[Y].[Y].[Y].[Y].[Y].[Y].[Y].[Y].[Y].[Y].[Y].[Y].[Y].[Y].[Y].[Y].[Y].[Y].[Y].[Y].[Y].[Y].[Y].[Y].[Y].[Y].[Y].[Y].[Y].[Y].[Y].[Y].[Y].[Y].[Y].[Y].[Y].[Y].[Y].[Y].[Y].[Y].[Y].[Y].[Y].[Y].[Y].[Y].[Y].[Y].[Y].[Y].[Y].[Y].[Y].[Y].[Y].[Y].[Y].[Y].[Y].[Y]. The average Bonchev–Trinajstić information content (AvgIpc) is 1.85. The van der Waals surface area contributed by atoms with E-state index in [4.69, 9.17) is 6.58 Å². The van der Waals surface area contributed by atoms with Crippen LogP contribution in [0, 0.1) is 18.4 Å². The fourth-order valence-electron chi connectivity index (χ4n) is 1.31. The molecule has 1 saturated carbocycles. The van der Waals surface area contributed by atoms with Crippen LogP contribution in [-0.2, 0) is 2060 Å². The minimum atomic E-state index is 0. The molecule has 1 aliphatic rings. The summed E-state index contributed by atoms with van der Waals surface area (Å²) in [6.07, 6.45) is 2.31. The van der Waals surface area contributed by atoms with Gasteiger partial charge in [-0.2, -0.15) is 0 Å². The zero-order valence-electron chi connectivity index (χ0n) is 42.0. The summed E-state index contributed by atoms with van der Waals surface area (Å²) in [5.41, 5.74) is 1.20. The van der Waals surface area contributed by atoms with Crippen LogP contribution >= 0.6 is 0 Å². The zero-order chi connectivity index (χ0) is 6.15. The maximum Gasteiger partial charge on any atom is 0 e. The van der Waals surface area contributed by atoms with E-state index in [1.54, 1.807) is 0 Å². The molecule has 63 radical (unpaired) electrons. The molecule has 0 N–H and O–H groups in total. The van der Waals surface area contributed by atoms with E-state index >= 15 is 0 Å². The standard InChI is InChI=1S/C8H13.63Y/c1-6-4-7(2)8(3)5-6;;;;;;;;;;;;;;;;;;;;;;;;;;;;;;;;;;;;;;;;;;;;;;;;;;;;;;;;;;;;;;;/h1,7-8H,4-5H2,2-3H3;;;;;;;;;;;;;;;;;;;;;;;;;;;;;;;;;;;;;;;;;;;;;;;;;;;;;;;;;;;;;;;/q-1;;;;;;;;;;;;;;;;;;;;;;;;;;;;;;;;;;;;;;;;;;;;;;;;;;;;;;;;;;;;;;;. The van der Waals surface area contributed by atoms with E-state index in [9.17, 15) is 0 Å². The van der Waals surface area contributed by atoms with Gasteiger partial charge in [-0.05, 0) is 11.8 Å². The van der Waals surface area contributed by atoms with Crippen LogP contribution in [0.25, 0.3) is 0 Å². The van der Waals surface area contributed by atoms with Crippen molar-refractivity contribution in [1.29, 1.82) is 0 Å². The van der Waals surface area contributed by atoms with Gasteiger partial charge in [-0.3, -0.25) is 5.57 Å². The summed E-state index contributed by atoms with van der Waals surface area (Å²) in [5.74, 6) is 1.66. The number of allylic oxidation sites excluding steroid dienone is 1. The van der Waals surface area contributed by atoms with E-state index in [0.717, 1.165) is 24.7 Å². The molecule has 0 saturated heterocycles. The third kappa shape index (κ3) is 397. The van der Waals surface area contributed by atoms with Crippen molar-refractivity contribution in [3.05, 3.63) is 12.2 Å². The van der Waals surface area contributed by atoms with Gasteiger partial charge in [0, 0.05) is 2060 Å². The fourth-order valence-corrected chi connectivity index (χ4v) is 1.31. The summed E-state index contributed by atoms with van der Waals surface area (Å²) < 4.78 is 0. The molecule has 0 heterocycles. The summed E-state index contributed by atoms with van der Waals surface area (Å²) in [4.78, 5) is 0. The van der Waals surface area contributed by atoms with Gasteiger partial charge in [0.15, 0.2) is 0 Å². The molecule has 0 aromatic heterocycles. The van der Waals surface area contributed by atoms with Crippen molar-refractivity contribution in [1.82, 2.24) is 0 Å². The Bertz CT molecular complexity index is 127. The molecule has 0 amide bonds. The van der Waals surface area contributed by atoms with E-state index in [2.05, 4.69) is 13.8 Å². The predicted octanol–water partition coefficient (Wildman–Crippen LogP) is 2.25. The first-order valence-electron chi connectivity index (χ1n) is 3.30. The Kier molecular flexibility index (Phi) is 2650. The molecular formula is C8H13Y63-. The second kappa shape index (κ2) is 413. The molecular weight excluding hydrogens is 5700 g/mol. The Balaban J connectivity index is -0.000000000167. The van der Waals surface area contributed by atoms with Crippen LogP contribution in [-0.4, -0.2) is 0 Å². The van der Waals surface area contributed by atoms with Gasteiger partial charge in [-0.15, -0.1) is 0 Å². The van der Waals surface area contributed by atoms with E-state index in [1.165, 1.54) is 5.57 Å². The molecule has 1 aliphatic carbocycles. The Labute approximate surface area is 2030 Å². The van der Waals surface area contributed by atoms with E-state index in [0.29, 0.717) is 0 Å². The molecule has 0 nitrogen and oxygen atoms in total. The largest absolute Gasteiger partial charge is 0.514 e. The number of hydrogen-bond acceptors (Lipinski definition) is 0. The van der Waals surface area contributed by atoms with Crippen LogP contribution < -0.4 is 0 Å². The molecule has 0 bridgehead atoms. The molecule has 2 unspecified atom stereocenters. The summed E-state index contributed by atoms with van der Waals surface area (Å²) in [7, 11) is 0. The number of hydrogen-bond donors (Lipinski definition) is 0. The van der Waals surface area contributed by atoms with Gasteiger partial charge < -0.3 is 6.58 Å². The zero-order valence-corrected chi connectivity index (χ0v) is 221. The number of rotatable bonds is 0. The normalized spacial score (nSPS) is 4.34. The Morgan fingerprint density at radius 2 is 0.197 bits per heavy atom. The van der Waals surface area contributed by atoms with Crippen LogP contribution in [0.2, 0.25) is 0 Å². The van der Waals surface area contributed by atoms with Crippen LogP contribution in [0.1, 0.15) is 26.7 Å². The molecule has 0 aliphatic heterocycles. The summed E-state index contributed by atoms with van der Waals surface area (Å²) in [6, 6.07) is 0. The fraction of sp³-hybridized carbons (Fsp3) is 0.750. The smallest absolute Gasteiger partial charge is 0 e. The maximum atomic E-state index is 5.63. The van der Waals surface area contributed by atoms with Crippen molar-refractivity contribution in [2.24, 2.45) is 11.8 Å². The van der Waals surface area contributed by atoms with E-state index < -0.39 is 0 Å². The summed E-state index contributed by atoms with van der Waals surface area (Å²) >= 11 is 0. The average molecular weight is 5710 g/mol. The maximum absolute atomic E-state index is 5.63. The molecule has 0 spiro atoms. The summed E-state index contributed by atoms with van der Waals surface area (Å²) in [6.45, 7) is 10.2. The molecule has 2 atom stereocenters. The van der Waals surface area contributed by atoms with Crippen molar-refractivity contribution in [2.45, 2.75) is 26.7 Å². The molecule has 0 aromatic carbocycles. The monoisotopic (exact) mass is 5710 g/mol. The van der Waals surface area contributed by atoms with Crippen LogP contribution in [0.5, 0.6) is 0 Å². The molecule has 1 fully saturated rings. The first kappa shape index (κ1) is 456. The minimum absolute atomic E-state index is 0. The quantitative estimate of drug-likeness (QED) is 0.328. The molecule has 235 valence electrons. The van der Waals surface area contributed by atoms with Crippen molar-refractivity contribution in [2.75, 3.05) is 0 Å². The summed E-state index contributed by atoms with van der Waals surface area (Å²) in [5, 5.41) is 0. The first-order chi connectivity index (χ1) is 3.70. The van der Waals surface area contributed by atoms with Crippen LogP contribution in [0.4, 0.5) is 0 Å². The van der Waals surface area contributed by atoms with Crippen LogP contribution in [0.15, 0.2) is 5.57 Å². The molecule has 1 rings (SSSR count). The second-order valence-electron chi connectivity index (χ2n) is 3.02. The Hall–Kier alpha value is 69.3. The first-order valence-corrected chi connectivity index (χ1v) is 3.30. The van der Waals surface area contributed by atoms with Gasteiger partial charge in [-0.1, -0.05) is 26.7 Å². The van der Waals surface area contributed by atoms with Gasteiger partial charge >= 0.3 is 0 Å². The second-order valence-corrected chi connectivity index (χ2v) is 3.02. The topological polar surface area (TPSA) is 0 Å². The van der Waals surface area contributed by atoms with Crippen LogP contribution in [0.3, 0.4) is 0 Å². The minimum Gasteiger partial charge on any atom is -0.514 e. The van der Waals surface area contributed by atoms with Gasteiger partial charge in [0.05, 0.1) is 0 Å². The molecule has 0 aromatic rings. The van der Waals surface area contributed by atoms with Crippen molar-refractivity contribution >= 4 is 0 Å². The van der Waals surface area contributed by atoms with Crippen molar-refractivity contribution in [3.8, 4) is 0 Å². The Morgan fingerprint density at radius 1 is 0.155 bits per heavy atom. The van der Waals surface area contributed by atoms with E-state index in [-0.39, 0.29) is 2060 Å². The predicted molar refractivity (Wildman–Crippen MR) is 35.4 cm³/mol. The molecule has 71 heavy (non-hydrogen) atoms. The van der Waals surface area contributed by atoms with Gasteiger partial charge in [0.25, 0.3) is 0 Å². The van der Waals surface area contributed by atoms with E-state index in [1.807, 2.05) is 0 Å².